The fourth-order valence-electron chi connectivity index (χ4n) is 5.15. The van der Waals surface area contributed by atoms with E-state index >= 15 is 0 Å². The molecule has 0 bridgehead atoms. The lowest BCUT2D eigenvalue weighted by Gasteiger charge is -2.46. The number of thiophene rings is 1. The number of hydrogen-bond acceptors (Lipinski definition) is 8. The Hall–Kier alpha value is -2.61. The van der Waals surface area contributed by atoms with Crippen molar-refractivity contribution in [2.24, 2.45) is 0 Å². The van der Waals surface area contributed by atoms with E-state index in [0.29, 0.717) is 12.1 Å². The summed E-state index contributed by atoms with van der Waals surface area (Å²) < 4.78 is 57.9. The summed E-state index contributed by atoms with van der Waals surface area (Å²) in [6.45, 7) is 6.28. The van der Waals surface area contributed by atoms with E-state index in [9.17, 15) is 21.9 Å². The fourth-order valence-corrected chi connectivity index (χ4v) is 9.45. The Labute approximate surface area is 240 Å². The van der Waals surface area contributed by atoms with Crippen LogP contribution in [0, 0.1) is 0 Å². The van der Waals surface area contributed by atoms with Crippen LogP contribution in [0.15, 0.2) is 88.1 Å². The van der Waals surface area contributed by atoms with Gasteiger partial charge in [-0.3, -0.25) is 4.98 Å². The van der Waals surface area contributed by atoms with Crippen LogP contribution in [0.25, 0.3) is 0 Å². The number of anilines is 1. The summed E-state index contributed by atoms with van der Waals surface area (Å²) in [5.41, 5.74) is 0.315. The summed E-state index contributed by atoms with van der Waals surface area (Å²) in [5.74, 6) is 0. The van der Waals surface area contributed by atoms with E-state index < -0.39 is 31.7 Å². The molecule has 0 spiro atoms. The third-order valence-corrected chi connectivity index (χ3v) is 13.0. The van der Waals surface area contributed by atoms with Gasteiger partial charge in [0.1, 0.15) is 14.7 Å². The van der Waals surface area contributed by atoms with Gasteiger partial charge in [0.2, 0.25) is 10.0 Å². The van der Waals surface area contributed by atoms with Crippen molar-refractivity contribution >= 4 is 37.1 Å². The van der Waals surface area contributed by atoms with Gasteiger partial charge < -0.3 is 10.0 Å². The maximum Gasteiger partial charge on any atom is 0.252 e. The molecule has 1 unspecified atom stereocenters. The Morgan fingerprint density at radius 3 is 2.45 bits per heavy atom. The highest BCUT2D eigenvalue weighted by atomic mass is 32.2. The second-order valence-corrected chi connectivity index (χ2v) is 15.4. The Morgan fingerprint density at radius 1 is 1.12 bits per heavy atom. The monoisotopic (exact) mass is 602 g/mol. The Morgan fingerprint density at radius 2 is 1.88 bits per heavy atom. The van der Waals surface area contributed by atoms with Crippen LogP contribution < -0.4 is 4.90 Å². The molecular weight excluding hydrogens is 569 g/mol. The number of sulfonamides is 2. The predicted molar refractivity (Wildman–Crippen MR) is 156 cm³/mol. The molecule has 2 fully saturated rings. The van der Waals surface area contributed by atoms with Crippen LogP contribution in [0.1, 0.15) is 31.7 Å². The first-order chi connectivity index (χ1) is 19.0. The van der Waals surface area contributed by atoms with Crippen molar-refractivity contribution < 1.29 is 21.9 Å². The zero-order valence-electron chi connectivity index (χ0n) is 22.3. The lowest BCUT2D eigenvalue weighted by atomic mass is 9.92. The third-order valence-electron chi connectivity index (χ3n) is 7.83. The number of aliphatic hydroxyl groups is 1. The normalized spacial score (nSPS) is 20.7. The molecule has 0 radical (unpaired) electrons. The van der Waals surface area contributed by atoms with E-state index in [2.05, 4.69) is 16.5 Å². The van der Waals surface area contributed by atoms with Crippen LogP contribution >= 0.6 is 11.3 Å². The zero-order chi connectivity index (χ0) is 28.5. The van der Waals surface area contributed by atoms with Crippen molar-refractivity contribution in [1.29, 1.82) is 0 Å². The molecular formula is C28H34N4O5S3. The molecule has 1 saturated heterocycles. The first-order valence-corrected chi connectivity index (χ1v) is 17.0. The average Bonchev–Trinajstić information content (AvgIpc) is 3.48. The number of nitrogens with zero attached hydrogens (tertiary/aromatic N) is 4. The number of rotatable bonds is 10. The highest BCUT2D eigenvalue weighted by Gasteiger charge is 2.41. The van der Waals surface area contributed by atoms with Crippen molar-refractivity contribution in [2.45, 2.75) is 53.0 Å². The smallest absolute Gasteiger partial charge is 0.252 e. The van der Waals surface area contributed by atoms with E-state index in [1.807, 2.05) is 24.3 Å². The molecule has 2 aromatic heterocycles. The molecule has 1 aliphatic carbocycles. The van der Waals surface area contributed by atoms with Crippen LogP contribution in [-0.4, -0.2) is 73.8 Å². The summed E-state index contributed by atoms with van der Waals surface area (Å²) in [7, 11) is -7.58. The van der Waals surface area contributed by atoms with Crippen LogP contribution in [0.4, 0.5) is 5.69 Å². The molecule has 2 atom stereocenters. The van der Waals surface area contributed by atoms with E-state index in [1.165, 1.54) is 34.1 Å². The fraction of sp³-hybridized carbons (Fsp3) is 0.393. The van der Waals surface area contributed by atoms with Gasteiger partial charge >= 0.3 is 0 Å². The van der Waals surface area contributed by atoms with Gasteiger partial charge in [-0.25, -0.2) is 16.8 Å². The van der Waals surface area contributed by atoms with Crippen molar-refractivity contribution in [3.8, 4) is 0 Å². The summed E-state index contributed by atoms with van der Waals surface area (Å²) in [6.07, 6.45) is 6.83. The molecule has 12 heteroatoms. The second kappa shape index (κ2) is 11.3. The highest BCUT2D eigenvalue weighted by molar-refractivity contribution is 7.91. The molecule has 214 valence electrons. The Kier molecular flexibility index (Phi) is 8.20. The lowest BCUT2D eigenvalue weighted by molar-refractivity contribution is 0.111. The van der Waals surface area contributed by atoms with Crippen LogP contribution in [-0.2, 0) is 25.6 Å². The largest absolute Gasteiger partial charge is 0.381 e. The molecule has 9 nitrogen and oxygen atoms in total. The molecule has 1 aromatic carbocycles. The minimum atomic E-state index is -3.86. The summed E-state index contributed by atoms with van der Waals surface area (Å²) >= 11 is 1.17. The van der Waals surface area contributed by atoms with Crippen LogP contribution in [0.3, 0.4) is 0 Å². The molecule has 3 heterocycles. The van der Waals surface area contributed by atoms with Gasteiger partial charge in [-0.05, 0) is 61.0 Å². The van der Waals surface area contributed by atoms with E-state index in [4.69, 9.17) is 0 Å². The molecule has 2 aliphatic rings. The van der Waals surface area contributed by atoms with Gasteiger partial charge in [0, 0.05) is 50.3 Å². The topological polar surface area (TPSA) is 111 Å². The maximum absolute atomic E-state index is 13.8. The molecule has 0 amide bonds. The number of aromatic nitrogens is 1. The van der Waals surface area contributed by atoms with Crippen molar-refractivity contribution in [2.75, 3.05) is 31.1 Å². The molecule has 3 aromatic rings. The molecule has 1 saturated carbocycles. The Bertz CT molecular complexity index is 1520. The van der Waals surface area contributed by atoms with Gasteiger partial charge in [-0.15, -0.1) is 11.3 Å². The highest BCUT2D eigenvalue weighted by Crippen LogP contribution is 2.34. The van der Waals surface area contributed by atoms with Gasteiger partial charge in [0.25, 0.3) is 10.0 Å². The molecule has 5 rings (SSSR count). The quantitative estimate of drug-likeness (QED) is 0.353. The average molecular weight is 603 g/mol. The van der Waals surface area contributed by atoms with Crippen molar-refractivity contribution in [3.05, 3.63) is 84.5 Å². The third kappa shape index (κ3) is 5.61. The second-order valence-electron chi connectivity index (χ2n) is 10.4. The molecule has 1 aliphatic heterocycles. The van der Waals surface area contributed by atoms with Crippen LogP contribution in [0.2, 0.25) is 0 Å². The minimum absolute atomic E-state index is 0.128. The van der Waals surface area contributed by atoms with Gasteiger partial charge in [0.05, 0.1) is 6.04 Å². The number of pyridine rings is 1. The van der Waals surface area contributed by atoms with Gasteiger partial charge in [-0.1, -0.05) is 37.3 Å². The van der Waals surface area contributed by atoms with E-state index in [-0.39, 0.29) is 34.8 Å². The van der Waals surface area contributed by atoms with Crippen LogP contribution in [0.5, 0.6) is 0 Å². The number of piperazine rings is 1. The molecule has 1 N–H and O–H groups in total. The molecule has 40 heavy (non-hydrogen) atoms. The van der Waals surface area contributed by atoms with Crippen molar-refractivity contribution in [3.63, 3.8) is 0 Å². The summed E-state index contributed by atoms with van der Waals surface area (Å²) in [4.78, 5) is 6.23. The SMILES string of the molecule is C=CC(C)(O)c1ccc(N2CCN(S(=O)(=O)c3cccs3)C[C@@H]2CN(C2CCC2)S(=O)(=O)c2cccnc2)cc1. The predicted octanol–water partition coefficient (Wildman–Crippen LogP) is 3.66. The minimum Gasteiger partial charge on any atom is -0.381 e. The lowest BCUT2D eigenvalue weighted by Crippen LogP contribution is -2.60. The van der Waals surface area contributed by atoms with Gasteiger partial charge in [0.15, 0.2) is 0 Å². The van der Waals surface area contributed by atoms with E-state index in [0.717, 1.165) is 24.9 Å². The summed E-state index contributed by atoms with van der Waals surface area (Å²) in [5, 5.41) is 12.3. The zero-order valence-corrected chi connectivity index (χ0v) is 24.8. The van der Waals surface area contributed by atoms with Gasteiger partial charge in [-0.2, -0.15) is 8.61 Å². The maximum atomic E-state index is 13.8. The number of hydrogen-bond donors (Lipinski definition) is 1. The first-order valence-electron chi connectivity index (χ1n) is 13.2. The Balaban J connectivity index is 1.50. The standard InChI is InChI=1S/C28H34N4O5S3/c1-3-28(2,33)22-11-13-23(14-12-22)31-17-16-30(40(36,37)27-10-6-18-38-27)20-25(31)21-32(24-7-4-8-24)39(34,35)26-9-5-15-29-19-26/h3,5-6,9-15,18-19,24-25,33H,1,4,7-8,16-17,20-21H2,2H3/t25-,28?/m1/s1. The number of benzene rings is 1. The first kappa shape index (κ1) is 28.9. The summed E-state index contributed by atoms with van der Waals surface area (Å²) in [6, 6.07) is 13.3. The van der Waals surface area contributed by atoms with Crippen molar-refractivity contribution in [1.82, 2.24) is 13.6 Å². The van der Waals surface area contributed by atoms with E-state index in [1.54, 1.807) is 40.9 Å².